The number of nitrogens with one attached hydrogen (secondary N) is 1. The fraction of sp³-hybridized carbons (Fsp3) is 0.385. The van der Waals surface area contributed by atoms with Gasteiger partial charge in [-0.15, -0.1) is 0 Å². The third-order valence-corrected chi connectivity index (χ3v) is 2.86. The van der Waals surface area contributed by atoms with E-state index in [-0.39, 0.29) is 5.91 Å². The highest BCUT2D eigenvalue weighted by Gasteiger charge is 2.10. The first-order chi connectivity index (χ1) is 7.79. The van der Waals surface area contributed by atoms with E-state index in [1.165, 1.54) is 30.2 Å². The lowest BCUT2D eigenvalue weighted by molar-refractivity contribution is -0.116. The van der Waals surface area contributed by atoms with Crippen molar-refractivity contribution in [3.05, 3.63) is 41.7 Å². The smallest absolute Gasteiger partial charge is 0.243 e. The molecule has 2 rings (SSSR count). The van der Waals surface area contributed by atoms with Gasteiger partial charge in [-0.05, 0) is 43.4 Å². The van der Waals surface area contributed by atoms with Crippen molar-refractivity contribution in [1.29, 1.82) is 0 Å². The topological polar surface area (TPSA) is 42.0 Å². The van der Waals surface area contributed by atoms with Gasteiger partial charge >= 0.3 is 0 Å². The Bertz CT molecular complexity index is 412. The van der Waals surface area contributed by atoms with Crippen LogP contribution in [0.2, 0.25) is 0 Å². The Kier molecular flexibility index (Phi) is 3.34. The predicted molar refractivity (Wildman–Crippen MR) is 62.9 cm³/mol. The summed E-state index contributed by atoms with van der Waals surface area (Å²) in [7, 11) is 0. The van der Waals surface area contributed by atoms with Crippen LogP contribution in [0.15, 0.2) is 24.8 Å². The van der Waals surface area contributed by atoms with Gasteiger partial charge in [0.25, 0.3) is 0 Å². The van der Waals surface area contributed by atoms with Crippen LogP contribution in [0.4, 0.5) is 0 Å². The van der Waals surface area contributed by atoms with Crippen LogP contribution in [0, 0.1) is 0 Å². The highest BCUT2D eigenvalue weighted by molar-refractivity contribution is 5.86. The van der Waals surface area contributed by atoms with Crippen molar-refractivity contribution in [3.8, 4) is 0 Å². The molecule has 16 heavy (non-hydrogen) atoms. The molecule has 0 unspecified atom stereocenters. The number of hydrogen-bond acceptors (Lipinski definition) is 2. The Morgan fingerprint density at radius 3 is 3.06 bits per heavy atom. The van der Waals surface area contributed by atoms with Crippen molar-refractivity contribution in [2.45, 2.75) is 32.2 Å². The molecule has 1 aliphatic carbocycles. The molecule has 0 spiro atoms. The molecular formula is C13H16N2O. The zero-order valence-corrected chi connectivity index (χ0v) is 9.33. The van der Waals surface area contributed by atoms with Gasteiger partial charge < -0.3 is 5.32 Å². The van der Waals surface area contributed by atoms with E-state index < -0.39 is 0 Å². The summed E-state index contributed by atoms with van der Waals surface area (Å²) in [4.78, 5) is 15.6. The minimum absolute atomic E-state index is 0.153. The van der Waals surface area contributed by atoms with E-state index in [1.807, 2.05) is 6.07 Å². The van der Waals surface area contributed by atoms with Crippen LogP contribution in [-0.2, 0) is 24.2 Å². The normalized spacial score (nSPS) is 14.0. The summed E-state index contributed by atoms with van der Waals surface area (Å²) >= 11 is 0. The van der Waals surface area contributed by atoms with Crippen molar-refractivity contribution in [3.63, 3.8) is 0 Å². The standard InChI is InChI=1S/C13H16N2O/c1-2-13(16)14-9-11-8-7-10-5-3-4-6-12(10)15-11/h2,7-8H,1,3-6,9H2,(H,14,16). The Balaban J connectivity index is 2.05. The first kappa shape index (κ1) is 10.9. The number of carbonyl (C=O) groups excluding carboxylic acids is 1. The number of nitrogens with zero attached hydrogens (tertiary/aromatic N) is 1. The van der Waals surface area contributed by atoms with E-state index in [0.29, 0.717) is 6.54 Å². The van der Waals surface area contributed by atoms with Gasteiger partial charge in [0.1, 0.15) is 0 Å². The summed E-state index contributed by atoms with van der Waals surface area (Å²) < 4.78 is 0. The second kappa shape index (κ2) is 4.92. The van der Waals surface area contributed by atoms with Crippen LogP contribution < -0.4 is 5.32 Å². The fourth-order valence-electron chi connectivity index (χ4n) is 1.98. The number of aromatic nitrogens is 1. The SMILES string of the molecule is C=CC(=O)NCc1ccc2c(n1)CCCC2. The molecular weight excluding hydrogens is 200 g/mol. The Morgan fingerprint density at radius 2 is 2.25 bits per heavy atom. The predicted octanol–water partition coefficient (Wildman–Crippen LogP) is 1.76. The van der Waals surface area contributed by atoms with Crippen molar-refractivity contribution >= 4 is 5.91 Å². The molecule has 1 aromatic heterocycles. The van der Waals surface area contributed by atoms with Crippen molar-refractivity contribution < 1.29 is 4.79 Å². The van der Waals surface area contributed by atoms with Crippen LogP contribution in [0.1, 0.15) is 29.8 Å². The van der Waals surface area contributed by atoms with Crippen LogP contribution in [0.25, 0.3) is 0 Å². The molecule has 0 saturated heterocycles. The number of pyridine rings is 1. The summed E-state index contributed by atoms with van der Waals surface area (Å²) in [6.45, 7) is 3.89. The lowest BCUT2D eigenvalue weighted by atomic mass is 9.96. The highest BCUT2D eigenvalue weighted by Crippen LogP contribution is 2.19. The van der Waals surface area contributed by atoms with E-state index in [2.05, 4.69) is 22.9 Å². The molecule has 84 valence electrons. The molecule has 0 radical (unpaired) electrons. The summed E-state index contributed by atoms with van der Waals surface area (Å²) in [5, 5.41) is 2.74. The van der Waals surface area contributed by atoms with Gasteiger partial charge in [0.15, 0.2) is 0 Å². The zero-order valence-electron chi connectivity index (χ0n) is 9.33. The van der Waals surface area contributed by atoms with Gasteiger partial charge in [-0.25, -0.2) is 0 Å². The third kappa shape index (κ3) is 2.48. The monoisotopic (exact) mass is 216 g/mol. The van der Waals surface area contributed by atoms with Gasteiger partial charge in [0.2, 0.25) is 5.91 Å². The lowest BCUT2D eigenvalue weighted by Crippen LogP contribution is -2.21. The van der Waals surface area contributed by atoms with E-state index in [0.717, 1.165) is 18.5 Å². The number of aryl methyl sites for hydroxylation is 2. The zero-order chi connectivity index (χ0) is 11.4. The number of hydrogen-bond donors (Lipinski definition) is 1. The van der Waals surface area contributed by atoms with E-state index >= 15 is 0 Å². The second-order valence-corrected chi connectivity index (χ2v) is 4.04. The average Bonchev–Trinajstić information content (AvgIpc) is 2.35. The van der Waals surface area contributed by atoms with Crippen molar-refractivity contribution in [2.24, 2.45) is 0 Å². The fourth-order valence-corrected chi connectivity index (χ4v) is 1.98. The van der Waals surface area contributed by atoms with Crippen LogP contribution in [-0.4, -0.2) is 10.9 Å². The van der Waals surface area contributed by atoms with Gasteiger partial charge in [-0.2, -0.15) is 0 Å². The first-order valence-corrected chi connectivity index (χ1v) is 5.67. The van der Waals surface area contributed by atoms with Crippen LogP contribution >= 0.6 is 0 Å². The molecule has 0 bridgehead atoms. The van der Waals surface area contributed by atoms with E-state index in [1.54, 1.807) is 0 Å². The Hall–Kier alpha value is -1.64. The summed E-state index contributed by atoms with van der Waals surface area (Å²) in [5.41, 5.74) is 3.50. The third-order valence-electron chi connectivity index (χ3n) is 2.86. The number of amides is 1. The molecule has 3 nitrogen and oxygen atoms in total. The maximum Gasteiger partial charge on any atom is 0.243 e. The molecule has 0 aliphatic heterocycles. The quantitative estimate of drug-likeness (QED) is 0.782. The van der Waals surface area contributed by atoms with Crippen LogP contribution in [0.3, 0.4) is 0 Å². The maximum atomic E-state index is 11.0. The summed E-state index contributed by atoms with van der Waals surface area (Å²) in [5.74, 6) is -0.153. The molecule has 1 amide bonds. The van der Waals surface area contributed by atoms with E-state index in [4.69, 9.17) is 0 Å². The lowest BCUT2D eigenvalue weighted by Gasteiger charge is -2.15. The molecule has 1 N–H and O–H groups in total. The highest BCUT2D eigenvalue weighted by atomic mass is 16.1. The second-order valence-electron chi connectivity index (χ2n) is 4.04. The summed E-state index contributed by atoms with van der Waals surface area (Å²) in [6, 6.07) is 4.13. The minimum Gasteiger partial charge on any atom is -0.347 e. The van der Waals surface area contributed by atoms with Gasteiger partial charge in [-0.1, -0.05) is 12.6 Å². The Labute approximate surface area is 95.6 Å². The molecule has 0 aromatic carbocycles. The largest absolute Gasteiger partial charge is 0.347 e. The van der Waals surface area contributed by atoms with Gasteiger partial charge in [0, 0.05) is 5.69 Å². The minimum atomic E-state index is -0.153. The molecule has 1 aromatic rings. The molecule has 1 heterocycles. The molecule has 0 saturated carbocycles. The molecule has 1 aliphatic rings. The Morgan fingerprint density at radius 1 is 1.44 bits per heavy atom. The summed E-state index contributed by atoms with van der Waals surface area (Å²) in [6.07, 6.45) is 5.97. The van der Waals surface area contributed by atoms with Gasteiger partial charge in [0.05, 0.1) is 12.2 Å². The number of fused-ring (bicyclic) bond motifs is 1. The van der Waals surface area contributed by atoms with Crippen molar-refractivity contribution in [2.75, 3.05) is 0 Å². The van der Waals surface area contributed by atoms with Crippen molar-refractivity contribution in [1.82, 2.24) is 10.3 Å². The molecule has 0 atom stereocenters. The van der Waals surface area contributed by atoms with Crippen LogP contribution in [0.5, 0.6) is 0 Å². The van der Waals surface area contributed by atoms with Gasteiger partial charge in [-0.3, -0.25) is 9.78 Å². The van der Waals surface area contributed by atoms with E-state index in [9.17, 15) is 4.79 Å². The first-order valence-electron chi connectivity index (χ1n) is 5.67. The molecule has 0 fully saturated rings. The molecule has 3 heteroatoms. The number of carbonyl (C=O) groups is 1. The average molecular weight is 216 g/mol. The maximum absolute atomic E-state index is 11.0. The number of rotatable bonds is 3.